The molecule has 0 aliphatic carbocycles. The molecule has 2 N–H and O–H groups in total. The molecule has 0 radical (unpaired) electrons. The van der Waals surface area contributed by atoms with E-state index >= 15 is 0 Å². The van der Waals surface area contributed by atoms with Crippen molar-refractivity contribution in [1.29, 1.82) is 0 Å². The summed E-state index contributed by atoms with van der Waals surface area (Å²) in [7, 11) is 2.17. The molecule has 0 bridgehead atoms. The normalized spacial score (nSPS) is 20.8. The van der Waals surface area contributed by atoms with E-state index < -0.39 is 0 Å². The van der Waals surface area contributed by atoms with Gasteiger partial charge in [0.25, 0.3) is 0 Å². The quantitative estimate of drug-likeness (QED) is 0.830. The third kappa shape index (κ3) is 4.16. The van der Waals surface area contributed by atoms with E-state index in [1.807, 2.05) is 24.3 Å². The van der Waals surface area contributed by atoms with Gasteiger partial charge in [-0.25, -0.2) is 0 Å². The Hall–Kier alpha value is -1.17. The van der Waals surface area contributed by atoms with Crippen LogP contribution in [-0.4, -0.2) is 60.7 Å². The van der Waals surface area contributed by atoms with Crippen molar-refractivity contribution in [2.75, 3.05) is 39.8 Å². The third-order valence-electron chi connectivity index (χ3n) is 3.73. The van der Waals surface area contributed by atoms with Crippen molar-refractivity contribution in [2.24, 2.45) is 5.73 Å². The summed E-state index contributed by atoms with van der Waals surface area (Å²) in [6.07, 6.45) is 0. The Kier molecular flexibility index (Phi) is 5.34. The van der Waals surface area contributed by atoms with Gasteiger partial charge in [-0.1, -0.05) is 24.4 Å². The first-order chi connectivity index (χ1) is 9.56. The fourth-order valence-corrected chi connectivity index (χ4v) is 2.66. The van der Waals surface area contributed by atoms with Crippen LogP contribution in [0.5, 0.6) is 5.75 Å². The predicted molar refractivity (Wildman–Crippen MR) is 86.4 cm³/mol. The van der Waals surface area contributed by atoms with Crippen molar-refractivity contribution < 1.29 is 4.74 Å². The standard InChI is InChI=1S/C15H23N3OS/c1-12-11-17(2)6-7-18(12)8-9-19-14-5-3-4-13(10-14)15(16)20/h3-5,10,12H,6-9,11H2,1-2H3,(H2,16,20). The Morgan fingerprint density at radius 1 is 1.45 bits per heavy atom. The lowest BCUT2D eigenvalue weighted by atomic mass is 10.2. The van der Waals surface area contributed by atoms with Crippen LogP contribution < -0.4 is 10.5 Å². The van der Waals surface area contributed by atoms with Crippen molar-refractivity contribution in [2.45, 2.75) is 13.0 Å². The Balaban J connectivity index is 1.81. The van der Waals surface area contributed by atoms with E-state index in [0.29, 0.717) is 17.6 Å². The summed E-state index contributed by atoms with van der Waals surface area (Å²) < 4.78 is 5.80. The molecular formula is C15H23N3OS. The molecule has 110 valence electrons. The molecule has 5 heteroatoms. The number of rotatable bonds is 5. The summed E-state index contributed by atoms with van der Waals surface area (Å²) in [5.74, 6) is 0.831. The van der Waals surface area contributed by atoms with Gasteiger partial charge in [-0.2, -0.15) is 0 Å². The average molecular weight is 293 g/mol. The second kappa shape index (κ2) is 7.02. The number of benzene rings is 1. The van der Waals surface area contributed by atoms with Gasteiger partial charge >= 0.3 is 0 Å². The Morgan fingerprint density at radius 3 is 2.95 bits per heavy atom. The molecular weight excluding hydrogens is 270 g/mol. The lowest BCUT2D eigenvalue weighted by Crippen LogP contribution is -2.51. The largest absolute Gasteiger partial charge is 0.492 e. The molecule has 0 saturated carbocycles. The third-order valence-corrected chi connectivity index (χ3v) is 3.97. The van der Waals surface area contributed by atoms with E-state index in [1.165, 1.54) is 0 Å². The van der Waals surface area contributed by atoms with Crippen LogP contribution in [0.2, 0.25) is 0 Å². The fraction of sp³-hybridized carbons (Fsp3) is 0.533. The van der Waals surface area contributed by atoms with Crippen LogP contribution >= 0.6 is 12.2 Å². The summed E-state index contributed by atoms with van der Waals surface area (Å²) >= 11 is 4.97. The highest BCUT2D eigenvalue weighted by Crippen LogP contribution is 2.14. The number of ether oxygens (including phenoxy) is 1. The van der Waals surface area contributed by atoms with E-state index in [2.05, 4.69) is 23.8 Å². The minimum absolute atomic E-state index is 0.406. The Bertz CT molecular complexity index is 466. The molecule has 0 amide bonds. The molecule has 1 saturated heterocycles. The Morgan fingerprint density at radius 2 is 2.25 bits per heavy atom. The van der Waals surface area contributed by atoms with Gasteiger partial charge in [0.2, 0.25) is 0 Å². The van der Waals surface area contributed by atoms with Crippen molar-refractivity contribution in [1.82, 2.24) is 9.80 Å². The molecule has 20 heavy (non-hydrogen) atoms. The molecule has 2 rings (SSSR count). The maximum Gasteiger partial charge on any atom is 0.120 e. The summed E-state index contributed by atoms with van der Waals surface area (Å²) in [5, 5.41) is 0. The zero-order valence-electron chi connectivity index (χ0n) is 12.2. The van der Waals surface area contributed by atoms with E-state index in [0.717, 1.165) is 37.5 Å². The second-order valence-electron chi connectivity index (χ2n) is 5.39. The van der Waals surface area contributed by atoms with Gasteiger partial charge in [-0.15, -0.1) is 0 Å². The van der Waals surface area contributed by atoms with Gasteiger partial charge in [0.1, 0.15) is 17.3 Å². The zero-order valence-corrected chi connectivity index (χ0v) is 13.0. The molecule has 1 heterocycles. The summed E-state index contributed by atoms with van der Waals surface area (Å²) in [6, 6.07) is 8.24. The molecule has 1 fully saturated rings. The molecule has 1 aromatic carbocycles. The van der Waals surface area contributed by atoms with Crippen molar-refractivity contribution in [3.63, 3.8) is 0 Å². The summed E-state index contributed by atoms with van der Waals surface area (Å²) in [4.78, 5) is 5.24. The first kappa shape index (κ1) is 15.2. The van der Waals surface area contributed by atoms with Crippen LogP contribution in [0.15, 0.2) is 24.3 Å². The molecule has 1 atom stereocenters. The molecule has 1 aliphatic rings. The van der Waals surface area contributed by atoms with Gasteiger partial charge < -0.3 is 15.4 Å². The minimum atomic E-state index is 0.406. The van der Waals surface area contributed by atoms with E-state index in [9.17, 15) is 0 Å². The highest BCUT2D eigenvalue weighted by atomic mass is 32.1. The predicted octanol–water partition coefficient (Wildman–Crippen LogP) is 1.34. The molecule has 0 aromatic heterocycles. The average Bonchev–Trinajstić information content (AvgIpc) is 2.41. The second-order valence-corrected chi connectivity index (χ2v) is 5.83. The molecule has 1 unspecified atom stereocenters. The maximum atomic E-state index is 5.80. The van der Waals surface area contributed by atoms with Crippen LogP contribution in [0.3, 0.4) is 0 Å². The van der Waals surface area contributed by atoms with Crippen molar-refractivity contribution in [3.05, 3.63) is 29.8 Å². The van der Waals surface area contributed by atoms with Gasteiger partial charge in [-0.05, 0) is 26.1 Å². The SMILES string of the molecule is CC1CN(C)CCN1CCOc1cccc(C(N)=S)c1. The van der Waals surface area contributed by atoms with Crippen molar-refractivity contribution in [3.8, 4) is 5.75 Å². The molecule has 4 nitrogen and oxygen atoms in total. The van der Waals surface area contributed by atoms with Crippen molar-refractivity contribution >= 4 is 17.2 Å². The summed E-state index contributed by atoms with van der Waals surface area (Å²) in [6.45, 7) is 7.26. The first-order valence-corrected chi connectivity index (χ1v) is 7.42. The van der Waals surface area contributed by atoms with E-state index in [1.54, 1.807) is 0 Å². The van der Waals surface area contributed by atoms with Crippen LogP contribution in [-0.2, 0) is 0 Å². The lowest BCUT2D eigenvalue weighted by Gasteiger charge is -2.38. The first-order valence-electron chi connectivity index (χ1n) is 7.01. The van der Waals surface area contributed by atoms with Crippen LogP contribution in [0, 0.1) is 0 Å². The highest BCUT2D eigenvalue weighted by Gasteiger charge is 2.20. The Labute approximate surface area is 126 Å². The number of thiocarbonyl (C=S) groups is 1. The van der Waals surface area contributed by atoms with E-state index in [-0.39, 0.29) is 0 Å². The zero-order chi connectivity index (χ0) is 14.5. The number of hydrogen-bond donors (Lipinski definition) is 1. The van der Waals surface area contributed by atoms with Gasteiger partial charge in [-0.3, -0.25) is 4.90 Å². The van der Waals surface area contributed by atoms with E-state index in [4.69, 9.17) is 22.7 Å². The molecule has 1 aliphatic heterocycles. The monoisotopic (exact) mass is 293 g/mol. The number of hydrogen-bond acceptors (Lipinski definition) is 4. The number of piperazine rings is 1. The van der Waals surface area contributed by atoms with Crippen LogP contribution in [0.1, 0.15) is 12.5 Å². The minimum Gasteiger partial charge on any atom is -0.492 e. The van der Waals surface area contributed by atoms with Gasteiger partial charge in [0, 0.05) is 37.8 Å². The molecule has 0 spiro atoms. The summed E-state index contributed by atoms with van der Waals surface area (Å²) in [5.41, 5.74) is 6.47. The van der Waals surface area contributed by atoms with Gasteiger partial charge in [0.05, 0.1) is 0 Å². The lowest BCUT2D eigenvalue weighted by molar-refractivity contribution is 0.0858. The highest BCUT2D eigenvalue weighted by molar-refractivity contribution is 7.80. The van der Waals surface area contributed by atoms with Gasteiger partial charge in [0.15, 0.2) is 0 Å². The molecule has 1 aromatic rings. The van der Waals surface area contributed by atoms with Crippen LogP contribution in [0.4, 0.5) is 0 Å². The number of nitrogens with two attached hydrogens (primary N) is 1. The maximum absolute atomic E-state index is 5.80. The number of nitrogens with zero attached hydrogens (tertiary/aromatic N) is 2. The number of likely N-dealkylation sites (N-methyl/N-ethyl adjacent to an activating group) is 1. The smallest absolute Gasteiger partial charge is 0.120 e. The fourth-order valence-electron chi connectivity index (χ4n) is 2.53. The topological polar surface area (TPSA) is 41.7 Å². The van der Waals surface area contributed by atoms with Crippen LogP contribution in [0.25, 0.3) is 0 Å².